The van der Waals surface area contributed by atoms with Crippen molar-refractivity contribution in [3.63, 3.8) is 0 Å². The molecule has 0 aromatic heterocycles. The first-order valence-electron chi connectivity index (χ1n) is 8.00. The lowest BCUT2D eigenvalue weighted by Gasteiger charge is -2.20. The summed E-state index contributed by atoms with van der Waals surface area (Å²) in [5.41, 5.74) is 2.32. The zero-order chi connectivity index (χ0) is 18.1. The molecule has 2 N–H and O–H groups in total. The molecule has 0 aliphatic rings. The first-order valence-corrected chi connectivity index (χ1v) is 10.1. The third-order valence-corrected chi connectivity index (χ3v) is 6.31. The summed E-state index contributed by atoms with van der Waals surface area (Å²) >= 11 is 0. The fourth-order valence-corrected chi connectivity index (χ4v) is 4.33. The van der Waals surface area contributed by atoms with Gasteiger partial charge in [-0.3, -0.25) is 0 Å². The average molecular weight is 363 g/mol. The molecule has 0 heterocycles. The molecule has 0 amide bonds. The van der Waals surface area contributed by atoms with Gasteiger partial charge in [0.15, 0.2) is 0 Å². The number of phenols is 2. The first-order chi connectivity index (χ1) is 11.0. The van der Waals surface area contributed by atoms with Crippen LogP contribution in [0.2, 0.25) is 0 Å². The van der Waals surface area contributed by atoms with E-state index in [-0.39, 0.29) is 22.3 Å². The highest BCUT2D eigenvalue weighted by atomic mass is 33.1. The Labute approximate surface area is 153 Å². The van der Waals surface area contributed by atoms with Crippen LogP contribution in [-0.2, 0) is 10.8 Å². The Morgan fingerprint density at radius 2 is 1.12 bits per heavy atom. The van der Waals surface area contributed by atoms with E-state index in [1.54, 1.807) is 6.07 Å². The zero-order valence-corrected chi connectivity index (χ0v) is 16.8. The van der Waals surface area contributed by atoms with Crippen molar-refractivity contribution in [1.29, 1.82) is 0 Å². The predicted molar refractivity (Wildman–Crippen MR) is 105 cm³/mol. The molecule has 0 unspecified atom stereocenters. The van der Waals surface area contributed by atoms with Crippen LogP contribution in [0.5, 0.6) is 11.5 Å². The van der Waals surface area contributed by atoms with Gasteiger partial charge in [0, 0.05) is 0 Å². The van der Waals surface area contributed by atoms with E-state index in [1.165, 1.54) is 27.2 Å². The number of hydrogen-bond donors (Lipinski definition) is 2. The zero-order valence-electron chi connectivity index (χ0n) is 15.2. The van der Waals surface area contributed by atoms with Crippen molar-refractivity contribution in [2.24, 2.45) is 0 Å². The maximum atomic E-state index is 10.3. The summed E-state index contributed by atoms with van der Waals surface area (Å²) in [5, 5.41) is 20.4. The molecule has 0 spiro atoms. The van der Waals surface area contributed by atoms with E-state index in [9.17, 15) is 10.2 Å². The second kappa shape index (κ2) is 6.93. The molecule has 0 atom stereocenters. The maximum absolute atomic E-state index is 10.3. The van der Waals surface area contributed by atoms with Crippen LogP contribution in [0.15, 0.2) is 46.2 Å². The van der Waals surface area contributed by atoms with Crippen molar-refractivity contribution < 1.29 is 10.2 Å². The van der Waals surface area contributed by atoms with Gasteiger partial charge in [0.25, 0.3) is 0 Å². The van der Waals surface area contributed by atoms with Gasteiger partial charge in [0.05, 0.1) is 9.79 Å². The monoisotopic (exact) mass is 362 g/mol. The maximum Gasteiger partial charge on any atom is 0.130 e. The van der Waals surface area contributed by atoms with Crippen molar-refractivity contribution in [3.05, 3.63) is 47.5 Å². The van der Waals surface area contributed by atoms with Gasteiger partial charge >= 0.3 is 0 Å². The van der Waals surface area contributed by atoms with Gasteiger partial charge in [-0.05, 0) is 67.8 Å². The van der Waals surface area contributed by atoms with Crippen LogP contribution < -0.4 is 0 Å². The van der Waals surface area contributed by atoms with Gasteiger partial charge in [-0.15, -0.1) is 0 Å². The Morgan fingerprint density at radius 1 is 0.625 bits per heavy atom. The molecule has 24 heavy (non-hydrogen) atoms. The topological polar surface area (TPSA) is 40.5 Å². The van der Waals surface area contributed by atoms with Crippen LogP contribution in [0.3, 0.4) is 0 Å². The molecule has 2 aromatic rings. The molecule has 0 aliphatic heterocycles. The highest BCUT2D eigenvalue weighted by molar-refractivity contribution is 8.76. The van der Waals surface area contributed by atoms with Crippen molar-refractivity contribution >= 4 is 21.6 Å². The Bertz CT molecular complexity index is 725. The molecule has 2 nitrogen and oxygen atoms in total. The van der Waals surface area contributed by atoms with Crippen LogP contribution in [0.1, 0.15) is 52.7 Å². The molecule has 2 aromatic carbocycles. The molecular weight excluding hydrogens is 336 g/mol. The lowest BCUT2D eigenvalue weighted by atomic mass is 9.87. The van der Waals surface area contributed by atoms with E-state index in [0.717, 1.165) is 15.4 Å². The number of phenolic OH excluding ortho intramolecular Hbond substituents is 2. The van der Waals surface area contributed by atoms with Crippen LogP contribution >= 0.6 is 21.6 Å². The standard InChI is InChI=1S/C20H26O2S2/c1-19(2,3)13-8-10-17(16(22)11-13)23-24-18-12-14(20(4,5)6)7-9-15(18)21/h7-12,21-22H,1-6H3. The van der Waals surface area contributed by atoms with Crippen molar-refractivity contribution in [2.45, 2.75) is 62.2 Å². The highest BCUT2D eigenvalue weighted by Gasteiger charge is 2.18. The molecule has 0 fully saturated rings. The minimum atomic E-state index is 0.00707. The van der Waals surface area contributed by atoms with Crippen LogP contribution in [0.25, 0.3) is 0 Å². The van der Waals surface area contributed by atoms with E-state index < -0.39 is 0 Å². The molecule has 130 valence electrons. The summed E-state index contributed by atoms with van der Waals surface area (Å²) < 4.78 is 0. The largest absolute Gasteiger partial charge is 0.507 e. The summed E-state index contributed by atoms with van der Waals surface area (Å²) in [4.78, 5) is 1.61. The SMILES string of the molecule is CC(C)(C)c1ccc(SSc2cc(C(C)(C)C)ccc2O)c(O)c1. The minimum absolute atomic E-state index is 0.00707. The first kappa shape index (κ1) is 19.1. The second-order valence-electron chi connectivity index (χ2n) is 8.03. The molecule has 0 bridgehead atoms. The van der Waals surface area contributed by atoms with Gasteiger partial charge in [-0.1, -0.05) is 53.7 Å². The van der Waals surface area contributed by atoms with Crippen LogP contribution in [0, 0.1) is 0 Å². The summed E-state index contributed by atoms with van der Waals surface area (Å²) in [6.07, 6.45) is 0. The molecule has 4 heteroatoms. The van der Waals surface area contributed by atoms with E-state index in [1.807, 2.05) is 30.3 Å². The summed E-state index contributed by atoms with van der Waals surface area (Å²) in [5.74, 6) is 0.553. The van der Waals surface area contributed by atoms with Crippen LogP contribution in [-0.4, -0.2) is 10.2 Å². The van der Waals surface area contributed by atoms with Gasteiger partial charge in [0.1, 0.15) is 11.5 Å². The Kier molecular flexibility index (Phi) is 5.50. The Hall–Kier alpha value is -1.26. The molecule has 0 saturated carbocycles. The molecular formula is C20H26O2S2. The number of hydrogen-bond acceptors (Lipinski definition) is 4. The smallest absolute Gasteiger partial charge is 0.130 e. The van der Waals surface area contributed by atoms with Crippen molar-refractivity contribution in [2.75, 3.05) is 0 Å². The normalized spacial score (nSPS) is 12.4. The van der Waals surface area contributed by atoms with E-state index in [0.29, 0.717) is 0 Å². The summed E-state index contributed by atoms with van der Waals surface area (Å²) in [6, 6.07) is 11.5. The molecule has 2 rings (SSSR count). The van der Waals surface area contributed by atoms with E-state index >= 15 is 0 Å². The molecule has 0 aliphatic carbocycles. The summed E-state index contributed by atoms with van der Waals surface area (Å²) in [6.45, 7) is 12.8. The van der Waals surface area contributed by atoms with Gasteiger partial charge in [-0.25, -0.2) is 0 Å². The third kappa shape index (κ3) is 4.64. The van der Waals surface area contributed by atoms with Gasteiger partial charge < -0.3 is 10.2 Å². The second-order valence-corrected chi connectivity index (χ2v) is 10.2. The number of benzene rings is 2. The Morgan fingerprint density at radius 3 is 1.67 bits per heavy atom. The Balaban J connectivity index is 2.20. The van der Waals surface area contributed by atoms with Crippen molar-refractivity contribution in [3.8, 4) is 11.5 Å². The average Bonchev–Trinajstić information content (AvgIpc) is 2.45. The van der Waals surface area contributed by atoms with Crippen molar-refractivity contribution in [1.82, 2.24) is 0 Å². The van der Waals surface area contributed by atoms with E-state index in [4.69, 9.17) is 0 Å². The number of rotatable bonds is 3. The lowest BCUT2D eigenvalue weighted by Crippen LogP contribution is -2.10. The number of aromatic hydroxyl groups is 2. The molecule has 0 radical (unpaired) electrons. The quantitative estimate of drug-likeness (QED) is 0.612. The fourth-order valence-electron chi connectivity index (χ4n) is 2.19. The molecule has 0 saturated heterocycles. The van der Waals surface area contributed by atoms with E-state index in [2.05, 4.69) is 41.5 Å². The van der Waals surface area contributed by atoms with Gasteiger partial charge in [0.2, 0.25) is 0 Å². The minimum Gasteiger partial charge on any atom is -0.507 e. The fraction of sp³-hybridized carbons (Fsp3) is 0.400. The van der Waals surface area contributed by atoms with Crippen LogP contribution in [0.4, 0.5) is 0 Å². The highest BCUT2D eigenvalue weighted by Crippen LogP contribution is 2.46. The predicted octanol–water partition coefficient (Wildman–Crippen LogP) is 6.49. The van der Waals surface area contributed by atoms with Gasteiger partial charge in [-0.2, -0.15) is 0 Å². The third-order valence-electron chi connectivity index (χ3n) is 3.87. The lowest BCUT2D eigenvalue weighted by molar-refractivity contribution is 0.458. The summed E-state index contributed by atoms with van der Waals surface area (Å²) in [7, 11) is 2.92.